The fraction of sp³-hybridized carbons (Fsp3) is 0.222. The third kappa shape index (κ3) is 3.41. The second kappa shape index (κ2) is 7.01. The number of halogens is 2. The summed E-state index contributed by atoms with van der Waals surface area (Å²) in [5.74, 6) is -0.760. The van der Waals surface area contributed by atoms with E-state index >= 15 is 0 Å². The van der Waals surface area contributed by atoms with Gasteiger partial charge < -0.3 is 9.80 Å². The molecule has 0 aliphatic carbocycles. The van der Waals surface area contributed by atoms with Crippen LogP contribution in [-0.4, -0.2) is 47.8 Å². The highest BCUT2D eigenvalue weighted by Gasteiger charge is 2.26. The van der Waals surface area contributed by atoms with E-state index in [9.17, 15) is 14.0 Å². The number of hydrogen-bond acceptors (Lipinski definition) is 2. The SMILES string of the molecule is O=C(c1ccccc1)N1CCN(C(=O)c2ccc(F)cc2Cl)CC1. The first kappa shape index (κ1) is 16.5. The summed E-state index contributed by atoms with van der Waals surface area (Å²) in [4.78, 5) is 28.3. The predicted octanol–water partition coefficient (Wildman–Crippen LogP) is 3.08. The van der Waals surface area contributed by atoms with Gasteiger partial charge in [0.15, 0.2) is 0 Å². The number of hydrogen-bond donors (Lipinski definition) is 0. The Bertz CT molecular complexity index is 759. The molecule has 3 rings (SSSR count). The summed E-state index contributed by atoms with van der Waals surface area (Å²) in [6.07, 6.45) is 0. The summed E-state index contributed by atoms with van der Waals surface area (Å²) in [5, 5.41) is 0.0998. The first-order valence-electron chi connectivity index (χ1n) is 7.65. The van der Waals surface area contributed by atoms with Crippen LogP contribution in [0.3, 0.4) is 0 Å². The molecule has 0 unspecified atom stereocenters. The van der Waals surface area contributed by atoms with Gasteiger partial charge in [0.25, 0.3) is 11.8 Å². The molecule has 1 saturated heterocycles. The van der Waals surface area contributed by atoms with Crippen molar-refractivity contribution in [3.63, 3.8) is 0 Å². The van der Waals surface area contributed by atoms with Crippen molar-refractivity contribution in [1.82, 2.24) is 9.80 Å². The smallest absolute Gasteiger partial charge is 0.255 e. The van der Waals surface area contributed by atoms with Gasteiger partial charge in [0.1, 0.15) is 5.82 Å². The van der Waals surface area contributed by atoms with Gasteiger partial charge in [-0.3, -0.25) is 9.59 Å². The average molecular weight is 347 g/mol. The molecule has 6 heteroatoms. The summed E-state index contributed by atoms with van der Waals surface area (Å²) in [6.45, 7) is 1.76. The van der Waals surface area contributed by atoms with Crippen molar-refractivity contribution in [3.8, 4) is 0 Å². The lowest BCUT2D eigenvalue weighted by Crippen LogP contribution is -2.50. The van der Waals surface area contributed by atoms with E-state index in [0.29, 0.717) is 31.7 Å². The number of piperazine rings is 1. The van der Waals surface area contributed by atoms with Crippen molar-refractivity contribution in [2.45, 2.75) is 0 Å². The fourth-order valence-electron chi connectivity index (χ4n) is 2.71. The van der Waals surface area contributed by atoms with Gasteiger partial charge in [-0.2, -0.15) is 0 Å². The molecule has 1 fully saturated rings. The van der Waals surface area contributed by atoms with Crippen LogP contribution in [0.25, 0.3) is 0 Å². The molecule has 2 amide bonds. The predicted molar refractivity (Wildman–Crippen MR) is 89.7 cm³/mol. The summed E-state index contributed by atoms with van der Waals surface area (Å²) in [7, 11) is 0. The molecular weight excluding hydrogens is 331 g/mol. The molecule has 0 saturated carbocycles. The van der Waals surface area contributed by atoms with Crippen LogP contribution >= 0.6 is 11.6 Å². The lowest BCUT2D eigenvalue weighted by molar-refractivity contribution is 0.0535. The lowest BCUT2D eigenvalue weighted by Gasteiger charge is -2.35. The van der Waals surface area contributed by atoms with E-state index in [4.69, 9.17) is 11.6 Å². The zero-order valence-corrected chi connectivity index (χ0v) is 13.7. The number of carbonyl (C=O) groups excluding carboxylic acids is 2. The summed E-state index contributed by atoms with van der Waals surface area (Å²) < 4.78 is 13.1. The molecule has 2 aromatic carbocycles. The molecule has 0 aromatic heterocycles. The minimum atomic E-state index is -0.477. The van der Waals surface area contributed by atoms with E-state index in [1.165, 1.54) is 12.1 Å². The monoisotopic (exact) mass is 346 g/mol. The second-order valence-electron chi connectivity index (χ2n) is 5.57. The Morgan fingerprint density at radius 2 is 1.46 bits per heavy atom. The van der Waals surface area contributed by atoms with Crippen LogP contribution in [0.15, 0.2) is 48.5 Å². The lowest BCUT2D eigenvalue weighted by atomic mass is 10.1. The fourth-order valence-corrected chi connectivity index (χ4v) is 2.96. The Morgan fingerprint density at radius 3 is 2.04 bits per heavy atom. The topological polar surface area (TPSA) is 40.6 Å². The van der Waals surface area contributed by atoms with Gasteiger partial charge in [0.2, 0.25) is 0 Å². The maximum absolute atomic E-state index is 13.1. The molecule has 4 nitrogen and oxygen atoms in total. The third-order valence-corrected chi connectivity index (χ3v) is 4.35. The first-order valence-corrected chi connectivity index (χ1v) is 8.03. The Balaban J connectivity index is 1.64. The van der Waals surface area contributed by atoms with Crippen LogP contribution in [-0.2, 0) is 0 Å². The third-order valence-electron chi connectivity index (χ3n) is 4.04. The normalized spacial score (nSPS) is 14.6. The zero-order chi connectivity index (χ0) is 17.1. The van der Waals surface area contributed by atoms with Gasteiger partial charge in [-0.05, 0) is 30.3 Å². The molecular formula is C18H16ClFN2O2. The van der Waals surface area contributed by atoms with E-state index in [-0.39, 0.29) is 22.4 Å². The molecule has 0 N–H and O–H groups in total. The molecule has 0 atom stereocenters. The van der Waals surface area contributed by atoms with Crippen LogP contribution < -0.4 is 0 Å². The molecule has 0 spiro atoms. The average Bonchev–Trinajstić information content (AvgIpc) is 2.61. The van der Waals surface area contributed by atoms with E-state index in [1.807, 2.05) is 18.2 Å². The molecule has 1 heterocycles. The molecule has 0 radical (unpaired) electrons. The maximum Gasteiger partial charge on any atom is 0.255 e. The van der Waals surface area contributed by atoms with Crippen molar-refractivity contribution in [2.24, 2.45) is 0 Å². The van der Waals surface area contributed by atoms with Gasteiger partial charge in [0.05, 0.1) is 10.6 Å². The second-order valence-corrected chi connectivity index (χ2v) is 5.98. The van der Waals surface area contributed by atoms with Crippen LogP contribution in [0.5, 0.6) is 0 Å². The standard InChI is InChI=1S/C18H16ClFN2O2/c19-16-12-14(20)6-7-15(16)18(24)22-10-8-21(9-11-22)17(23)13-4-2-1-3-5-13/h1-7,12H,8-11H2. The summed E-state index contributed by atoms with van der Waals surface area (Å²) in [6, 6.07) is 12.8. The Labute approximate surface area is 144 Å². The van der Waals surface area contributed by atoms with E-state index in [2.05, 4.69) is 0 Å². The first-order chi connectivity index (χ1) is 11.6. The molecule has 2 aromatic rings. The number of carbonyl (C=O) groups is 2. The maximum atomic E-state index is 13.1. The van der Waals surface area contributed by atoms with Crippen molar-refractivity contribution >= 4 is 23.4 Å². The van der Waals surface area contributed by atoms with E-state index in [0.717, 1.165) is 6.07 Å². The molecule has 1 aliphatic heterocycles. The van der Waals surface area contributed by atoms with Gasteiger partial charge >= 0.3 is 0 Å². The number of benzene rings is 2. The molecule has 0 bridgehead atoms. The van der Waals surface area contributed by atoms with Crippen LogP contribution in [0, 0.1) is 5.82 Å². The highest BCUT2D eigenvalue weighted by Crippen LogP contribution is 2.20. The van der Waals surface area contributed by atoms with E-state index in [1.54, 1.807) is 21.9 Å². The van der Waals surface area contributed by atoms with Gasteiger partial charge in [-0.25, -0.2) is 4.39 Å². The van der Waals surface area contributed by atoms with Crippen molar-refractivity contribution in [3.05, 3.63) is 70.5 Å². The van der Waals surface area contributed by atoms with Gasteiger partial charge in [-0.1, -0.05) is 29.8 Å². The van der Waals surface area contributed by atoms with Gasteiger partial charge in [0, 0.05) is 31.7 Å². The largest absolute Gasteiger partial charge is 0.335 e. The number of amides is 2. The van der Waals surface area contributed by atoms with Crippen molar-refractivity contribution in [1.29, 1.82) is 0 Å². The van der Waals surface area contributed by atoms with Crippen molar-refractivity contribution < 1.29 is 14.0 Å². The van der Waals surface area contributed by atoms with Crippen LogP contribution in [0.1, 0.15) is 20.7 Å². The highest BCUT2D eigenvalue weighted by molar-refractivity contribution is 6.33. The van der Waals surface area contributed by atoms with Crippen LogP contribution in [0.4, 0.5) is 4.39 Å². The minimum absolute atomic E-state index is 0.0393. The minimum Gasteiger partial charge on any atom is -0.335 e. The Hall–Kier alpha value is -2.40. The van der Waals surface area contributed by atoms with Crippen LogP contribution in [0.2, 0.25) is 5.02 Å². The highest BCUT2D eigenvalue weighted by atomic mass is 35.5. The summed E-state index contributed by atoms with van der Waals surface area (Å²) >= 11 is 5.95. The van der Waals surface area contributed by atoms with E-state index < -0.39 is 5.82 Å². The molecule has 1 aliphatic rings. The zero-order valence-electron chi connectivity index (χ0n) is 12.9. The Morgan fingerprint density at radius 1 is 0.875 bits per heavy atom. The number of rotatable bonds is 2. The van der Waals surface area contributed by atoms with Crippen molar-refractivity contribution in [2.75, 3.05) is 26.2 Å². The summed E-state index contributed by atoms with van der Waals surface area (Å²) in [5.41, 5.74) is 0.916. The Kier molecular flexibility index (Phi) is 4.81. The molecule has 24 heavy (non-hydrogen) atoms. The number of nitrogens with zero attached hydrogens (tertiary/aromatic N) is 2. The van der Waals surface area contributed by atoms with Gasteiger partial charge in [-0.15, -0.1) is 0 Å². The molecule has 124 valence electrons. The quantitative estimate of drug-likeness (QED) is 0.838.